The van der Waals surface area contributed by atoms with Crippen LogP contribution in [0, 0.1) is 6.92 Å². The highest BCUT2D eigenvalue weighted by atomic mass is 32.1. The lowest BCUT2D eigenvalue weighted by molar-refractivity contribution is -0.115. The predicted octanol–water partition coefficient (Wildman–Crippen LogP) is 4.26. The van der Waals surface area contributed by atoms with Crippen molar-refractivity contribution in [3.05, 3.63) is 53.6 Å². The number of nitrogens with one attached hydrogen (secondary N) is 3. The first kappa shape index (κ1) is 21.4. The molecule has 0 heterocycles. The second-order valence-corrected chi connectivity index (χ2v) is 6.89. The number of carbonyl (C=O) groups excluding carboxylic acids is 2. The first-order valence-corrected chi connectivity index (χ1v) is 9.49. The molecule has 7 heteroatoms. The van der Waals surface area contributed by atoms with E-state index in [1.165, 1.54) is 0 Å². The summed E-state index contributed by atoms with van der Waals surface area (Å²) in [5.74, 6) is 0.219. The Morgan fingerprint density at radius 1 is 1.07 bits per heavy atom. The standard InChI is InChI=1S/C21H25N3O3S/c1-5-19(25)22-17-10-7-11-18(14(17)4)23-21(28)24-20(26)15-8-6-9-16(12-15)27-13(2)3/h6-13H,5H2,1-4H3,(H,22,25)(H2,23,24,26,28). The van der Waals surface area contributed by atoms with E-state index in [1.54, 1.807) is 37.3 Å². The Morgan fingerprint density at radius 2 is 1.71 bits per heavy atom. The largest absolute Gasteiger partial charge is 0.491 e. The van der Waals surface area contributed by atoms with E-state index in [0.29, 0.717) is 29.1 Å². The third kappa shape index (κ3) is 6.06. The van der Waals surface area contributed by atoms with Crippen LogP contribution in [0.5, 0.6) is 5.75 Å². The maximum Gasteiger partial charge on any atom is 0.257 e. The quantitative estimate of drug-likeness (QED) is 0.633. The molecule has 0 spiro atoms. The van der Waals surface area contributed by atoms with Gasteiger partial charge in [0, 0.05) is 23.4 Å². The number of rotatable bonds is 6. The van der Waals surface area contributed by atoms with Crippen LogP contribution in [0.15, 0.2) is 42.5 Å². The molecular formula is C21H25N3O3S. The van der Waals surface area contributed by atoms with Gasteiger partial charge in [0.25, 0.3) is 5.91 Å². The topological polar surface area (TPSA) is 79.5 Å². The summed E-state index contributed by atoms with van der Waals surface area (Å²) in [5.41, 5.74) is 2.68. The number of ether oxygens (including phenoxy) is 1. The molecule has 2 amide bonds. The van der Waals surface area contributed by atoms with Crippen molar-refractivity contribution < 1.29 is 14.3 Å². The Bertz CT molecular complexity index is 881. The molecule has 0 unspecified atom stereocenters. The molecule has 3 N–H and O–H groups in total. The summed E-state index contributed by atoms with van der Waals surface area (Å²) in [6.45, 7) is 7.50. The number of hydrogen-bond donors (Lipinski definition) is 3. The highest BCUT2D eigenvalue weighted by Crippen LogP contribution is 2.23. The fraction of sp³-hybridized carbons (Fsp3) is 0.286. The predicted molar refractivity (Wildman–Crippen MR) is 116 cm³/mol. The number of anilines is 2. The lowest BCUT2D eigenvalue weighted by Gasteiger charge is -2.15. The van der Waals surface area contributed by atoms with Crippen LogP contribution in [0.2, 0.25) is 0 Å². The van der Waals surface area contributed by atoms with Gasteiger partial charge in [-0.15, -0.1) is 0 Å². The van der Waals surface area contributed by atoms with Gasteiger partial charge in [0.2, 0.25) is 5.91 Å². The van der Waals surface area contributed by atoms with E-state index >= 15 is 0 Å². The van der Waals surface area contributed by atoms with Crippen molar-refractivity contribution in [2.24, 2.45) is 0 Å². The molecule has 28 heavy (non-hydrogen) atoms. The van der Waals surface area contributed by atoms with Crippen molar-refractivity contribution in [3.63, 3.8) is 0 Å². The summed E-state index contributed by atoms with van der Waals surface area (Å²) in [4.78, 5) is 24.1. The van der Waals surface area contributed by atoms with E-state index in [0.717, 1.165) is 5.56 Å². The average Bonchev–Trinajstić information content (AvgIpc) is 2.64. The Balaban J connectivity index is 2.05. The molecule has 0 aliphatic heterocycles. The van der Waals surface area contributed by atoms with Gasteiger partial charge in [0.05, 0.1) is 6.10 Å². The Hall–Kier alpha value is -2.93. The van der Waals surface area contributed by atoms with E-state index in [2.05, 4.69) is 16.0 Å². The summed E-state index contributed by atoms with van der Waals surface area (Å²) < 4.78 is 5.61. The number of carbonyl (C=O) groups is 2. The smallest absolute Gasteiger partial charge is 0.257 e. The monoisotopic (exact) mass is 399 g/mol. The van der Waals surface area contributed by atoms with Crippen LogP contribution in [-0.2, 0) is 4.79 Å². The summed E-state index contributed by atoms with van der Waals surface area (Å²) in [6.07, 6.45) is 0.412. The van der Waals surface area contributed by atoms with Crippen LogP contribution in [0.1, 0.15) is 43.1 Å². The minimum Gasteiger partial charge on any atom is -0.491 e. The van der Waals surface area contributed by atoms with Crippen LogP contribution in [0.4, 0.5) is 11.4 Å². The molecule has 2 rings (SSSR count). The second kappa shape index (κ2) is 9.85. The normalized spacial score (nSPS) is 10.3. The van der Waals surface area contributed by atoms with Gasteiger partial charge in [-0.2, -0.15) is 0 Å². The molecule has 0 saturated carbocycles. The van der Waals surface area contributed by atoms with Gasteiger partial charge in [0.1, 0.15) is 5.75 Å². The summed E-state index contributed by atoms with van der Waals surface area (Å²) >= 11 is 5.27. The van der Waals surface area contributed by atoms with E-state index < -0.39 is 0 Å². The molecule has 0 aliphatic carbocycles. The van der Waals surface area contributed by atoms with Gasteiger partial charge in [-0.1, -0.05) is 19.1 Å². The van der Waals surface area contributed by atoms with Crippen LogP contribution in [0.25, 0.3) is 0 Å². The highest BCUT2D eigenvalue weighted by molar-refractivity contribution is 7.80. The minimum absolute atomic E-state index is 0.0181. The lowest BCUT2D eigenvalue weighted by atomic mass is 10.1. The number of amides is 2. The van der Waals surface area contributed by atoms with Crippen LogP contribution >= 0.6 is 12.2 Å². The van der Waals surface area contributed by atoms with E-state index in [-0.39, 0.29) is 23.0 Å². The molecule has 0 aromatic heterocycles. The first-order valence-electron chi connectivity index (χ1n) is 9.08. The molecule has 0 atom stereocenters. The Morgan fingerprint density at radius 3 is 2.36 bits per heavy atom. The number of hydrogen-bond acceptors (Lipinski definition) is 4. The summed E-state index contributed by atoms with van der Waals surface area (Å²) in [7, 11) is 0. The fourth-order valence-corrected chi connectivity index (χ4v) is 2.66. The van der Waals surface area contributed by atoms with Crippen molar-refractivity contribution in [2.45, 2.75) is 40.2 Å². The zero-order chi connectivity index (χ0) is 20.7. The van der Waals surface area contributed by atoms with Crippen molar-refractivity contribution in [1.29, 1.82) is 0 Å². The van der Waals surface area contributed by atoms with Gasteiger partial charge >= 0.3 is 0 Å². The summed E-state index contributed by atoms with van der Waals surface area (Å²) in [5, 5.41) is 8.68. The SMILES string of the molecule is CCC(=O)Nc1cccc(NC(=S)NC(=O)c2cccc(OC(C)C)c2)c1C. The van der Waals surface area contributed by atoms with Gasteiger partial charge in [-0.25, -0.2) is 0 Å². The molecule has 2 aromatic carbocycles. The van der Waals surface area contributed by atoms with E-state index in [9.17, 15) is 9.59 Å². The van der Waals surface area contributed by atoms with Crippen LogP contribution < -0.4 is 20.7 Å². The first-order chi connectivity index (χ1) is 13.3. The molecular weight excluding hydrogens is 374 g/mol. The second-order valence-electron chi connectivity index (χ2n) is 6.48. The molecule has 148 valence electrons. The zero-order valence-corrected chi connectivity index (χ0v) is 17.3. The van der Waals surface area contributed by atoms with Gasteiger partial charge in [-0.05, 0) is 68.9 Å². The molecule has 0 saturated heterocycles. The minimum atomic E-state index is -0.334. The molecule has 2 aromatic rings. The molecule has 0 aliphatic rings. The maximum atomic E-state index is 12.5. The van der Waals surface area contributed by atoms with Crippen LogP contribution in [0.3, 0.4) is 0 Å². The zero-order valence-electron chi connectivity index (χ0n) is 16.5. The molecule has 0 bridgehead atoms. The summed E-state index contributed by atoms with van der Waals surface area (Å²) in [6, 6.07) is 12.4. The van der Waals surface area contributed by atoms with Crippen molar-refractivity contribution in [2.75, 3.05) is 10.6 Å². The third-order valence-corrected chi connectivity index (χ3v) is 4.08. The lowest BCUT2D eigenvalue weighted by Crippen LogP contribution is -2.34. The van der Waals surface area contributed by atoms with Gasteiger partial charge in [0.15, 0.2) is 5.11 Å². The van der Waals surface area contributed by atoms with E-state index in [4.69, 9.17) is 17.0 Å². The average molecular weight is 400 g/mol. The van der Waals surface area contributed by atoms with Crippen LogP contribution in [-0.4, -0.2) is 23.0 Å². The van der Waals surface area contributed by atoms with Crippen molar-refractivity contribution in [1.82, 2.24) is 5.32 Å². The number of benzene rings is 2. The third-order valence-electron chi connectivity index (χ3n) is 3.87. The van der Waals surface area contributed by atoms with Crippen molar-refractivity contribution >= 4 is 40.5 Å². The Kier molecular flexibility index (Phi) is 7.52. The fourth-order valence-electron chi connectivity index (χ4n) is 2.46. The number of thiocarbonyl (C=S) groups is 1. The highest BCUT2D eigenvalue weighted by Gasteiger charge is 2.12. The molecule has 6 nitrogen and oxygen atoms in total. The van der Waals surface area contributed by atoms with Crippen molar-refractivity contribution in [3.8, 4) is 5.75 Å². The van der Waals surface area contributed by atoms with E-state index in [1.807, 2.05) is 32.9 Å². The van der Waals surface area contributed by atoms with Gasteiger partial charge in [-0.3, -0.25) is 14.9 Å². The van der Waals surface area contributed by atoms with Gasteiger partial charge < -0.3 is 15.4 Å². The molecule has 0 radical (unpaired) electrons. The molecule has 0 fully saturated rings. The Labute approximate surface area is 170 Å². The maximum absolute atomic E-state index is 12.5.